The largest absolute Gasteiger partial charge is 0.380 e. The zero-order chi connectivity index (χ0) is 12.8. The number of carbonyl (C=O) groups is 1. The van der Waals surface area contributed by atoms with Crippen LogP contribution in [0.15, 0.2) is 0 Å². The van der Waals surface area contributed by atoms with Gasteiger partial charge in [-0.2, -0.15) is 0 Å². The Kier molecular flexibility index (Phi) is 5.88. The average Bonchev–Trinajstić information content (AvgIpc) is 2.23. The fraction of sp³-hybridized carbons (Fsp3) is 0.917. The van der Waals surface area contributed by atoms with Crippen molar-refractivity contribution in [3.8, 4) is 0 Å². The molecule has 1 aliphatic heterocycles. The lowest BCUT2D eigenvalue weighted by Crippen LogP contribution is -2.57. The predicted octanol–water partition coefficient (Wildman–Crippen LogP) is 0.234. The van der Waals surface area contributed by atoms with Crippen LogP contribution in [0.25, 0.3) is 0 Å². The Labute approximate surface area is 103 Å². The second kappa shape index (κ2) is 6.93. The molecule has 1 rings (SSSR count). The number of amides is 1. The maximum atomic E-state index is 11.4. The summed E-state index contributed by atoms with van der Waals surface area (Å²) in [6.45, 7) is 9.62. The molecule has 1 aliphatic rings. The van der Waals surface area contributed by atoms with Crippen molar-refractivity contribution < 1.29 is 14.3 Å². The van der Waals surface area contributed by atoms with Crippen molar-refractivity contribution in [2.24, 2.45) is 11.7 Å². The zero-order valence-electron chi connectivity index (χ0n) is 11.0. The highest BCUT2D eigenvalue weighted by atomic mass is 16.5. The Hall–Kier alpha value is -0.650. The summed E-state index contributed by atoms with van der Waals surface area (Å²) in [6, 6.07) is -0.327. The van der Waals surface area contributed by atoms with Crippen LogP contribution in [-0.2, 0) is 14.3 Å². The van der Waals surface area contributed by atoms with Crippen LogP contribution >= 0.6 is 0 Å². The zero-order valence-corrected chi connectivity index (χ0v) is 11.0. The molecule has 1 fully saturated rings. The Morgan fingerprint density at radius 1 is 1.59 bits per heavy atom. The van der Waals surface area contributed by atoms with Gasteiger partial charge in [0.2, 0.25) is 5.91 Å². The fourth-order valence-corrected chi connectivity index (χ4v) is 2.05. The molecule has 5 nitrogen and oxygen atoms in total. The van der Waals surface area contributed by atoms with E-state index in [1.807, 2.05) is 6.92 Å². The molecule has 0 spiro atoms. The van der Waals surface area contributed by atoms with Crippen molar-refractivity contribution in [1.82, 2.24) is 4.90 Å². The molecule has 0 aromatic rings. The number of primary amides is 1. The van der Waals surface area contributed by atoms with E-state index in [-0.39, 0.29) is 18.1 Å². The van der Waals surface area contributed by atoms with E-state index in [1.54, 1.807) is 0 Å². The van der Waals surface area contributed by atoms with Crippen LogP contribution in [0.1, 0.15) is 20.8 Å². The molecule has 1 heterocycles. The van der Waals surface area contributed by atoms with Crippen molar-refractivity contribution in [2.75, 3.05) is 32.9 Å². The SMILES string of the molecule is CC(C)COCCN1CCO[C@H](C)[C@H]1C(N)=O. The maximum absolute atomic E-state index is 11.4. The third-order valence-corrected chi connectivity index (χ3v) is 2.86. The van der Waals surface area contributed by atoms with Gasteiger partial charge >= 0.3 is 0 Å². The van der Waals surface area contributed by atoms with E-state index in [0.717, 1.165) is 19.7 Å². The number of hydrogen-bond acceptors (Lipinski definition) is 4. The van der Waals surface area contributed by atoms with Crippen LogP contribution in [0.2, 0.25) is 0 Å². The van der Waals surface area contributed by atoms with Crippen LogP contribution in [-0.4, -0.2) is 55.9 Å². The summed E-state index contributed by atoms with van der Waals surface area (Å²) < 4.78 is 11.0. The summed E-state index contributed by atoms with van der Waals surface area (Å²) >= 11 is 0. The molecule has 1 amide bonds. The third kappa shape index (κ3) is 4.61. The first-order chi connectivity index (χ1) is 8.02. The number of carbonyl (C=O) groups excluding carboxylic acids is 1. The standard InChI is InChI=1S/C12H24N2O3/c1-9(2)8-16-6-4-14-5-7-17-10(3)11(14)12(13)15/h9-11H,4-8H2,1-3H3,(H2,13,15)/t10-,11+/m1/s1. The molecule has 100 valence electrons. The van der Waals surface area contributed by atoms with Gasteiger partial charge in [-0.25, -0.2) is 0 Å². The summed E-state index contributed by atoms with van der Waals surface area (Å²) in [5.41, 5.74) is 5.40. The minimum Gasteiger partial charge on any atom is -0.380 e. The smallest absolute Gasteiger partial charge is 0.237 e. The van der Waals surface area contributed by atoms with Gasteiger partial charge in [-0.15, -0.1) is 0 Å². The Morgan fingerprint density at radius 2 is 2.29 bits per heavy atom. The third-order valence-electron chi connectivity index (χ3n) is 2.86. The lowest BCUT2D eigenvalue weighted by atomic mass is 10.1. The summed E-state index contributed by atoms with van der Waals surface area (Å²) in [4.78, 5) is 13.4. The second-order valence-electron chi connectivity index (χ2n) is 4.93. The number of ether oxygens (including phenoxy) is 2. The van der Waals surface area contributed by atoms with Gasteiger partial charge in [0.25, 0.3) is 0 Å². The molecule has 0 aliphatic carbocycles. The summed E-state index contributed by atoms with van der Waals surface area (Å²) in [5, 5.41) is 0. The average molecular weight is 244 g/mol. The molecule has 0 aromatic heterocycles. The molecular formula is C12H24N2O3. The van der Waals surface area contributed by atoms with Crippen molar-refractivity contribution in [3.63, 3.8) is 0 Å². The number of morpholine rings is 1. The molecule has 2 atom stereocenters. The Morgan fingerprint density at radius 3 is 2.88 bits per heavy atom. The van der Waals surface area contributed by atoms with Crippen LogP contribution in [0.3, 0.4) is 0 Å². The summed E-state index contributed by atoms with van der Waals surface area (Å²) in [7, 11) is 0. The minimum absolute atomic E-state index is 0.133. The van der Waals surface area contributed by atoms with Gasteiger partial charge in [0.1, 0.15) is 6.04 Å². The lowest BCUT2D eigenvalue weighted by Gasteiger charge is -2.37. The number of nitrogens with two attached hydrogens (primary N) is 1. The van der Waals surface area contributed by atoms with E-state index in [1.165, 1.54) is 0 Å². The predicted molar refractivity (Wildman–Crippen MR) is 65.6 cm³/mol. The Bertz CT molecular complexity index is 246. The first-order valence-electron chi connectivity index (χ1n) is 6.25. The normalized spacial score (nSPS) is 26.4. The molecule has 2 N–H and O–H groups in total. The van der Waals surface area contributed by atoms with Gasteiger partial charge < -0.3 is 15.2 Å². The lowest BCUT2D eigenvalue weighted by molar-refractivity contribution is -0.136. The second-order valence-corrected chi connectivity index (χ2v) is 4.93. The molecule has 1 saturated heterocycles. The van der Waals surface area contributed by atoms with Crippen LogP contribution < -0.4 is 5.73 Å². The van der Waals surface area contributed by atoms with Crippen molar-refractivity contribution in [1.29, 1.82) is 0 Å². The van der Waals surface area contributed by atoms with Crippen molar-refractivity contribution in [3.05, 3.63) is 0 Å². The van der Waals surface area contributed by atoms with E-state index in [9.17, 15) is 4.79 Å². The van der Waals surface area contributed by atoms with E-state index in [0.29, 0.717) is 19.1 Å². The number of hydrogen-bond donors (Lipinski definition) is 1. The highest BCUT2D eigenvalue weighted by Gasteiger charge is 2.33. The molecule has 5 heteroatoms. The molecule has 17 heavy (non-hydrogen) atoms. The van der Waals surface area contributed by atoms with Gasteiger partial charge in [-0.3, -0.25) is 9.69 Å². The minimum atomic E-state index is -0.327. The summed E-state index contributed by atoms with van der Waals surface area (Å²) in [6.07, 6.45) is -0.133. The summed E-state index contributed by atoms with van der Waals surface area (Å²) in [5.74, 6) is 0.214. The van der Waals surface area contributed by atoms with Gasteiger partial charge in [0.05, 0.1) is 19.3 Å². The van der Waals surface area contributed by atoms with Gasteiger partial charge in [0, 0.05) is 19.7 Å². The molecular weight excluding hydrogens is 220 g/mol. The monoisotopic (exact) mass is 244 g/mol. The first kappa shape index (κ1) is 14.4. The molecule has 0 aromatic carbocycles. The van der Waals surface area contributed by atoms with E-state index in [4.69, 9.17) is 15.2 Å². The van der Waals surface area contributed by atoms with Crippen molar-refractivity contribution in [2.45, 2.75) is 32.9 Å². The van der Waals surface area contributed by atoms with Gasteiger partial charge in [-0.05, 0) is 12.8 Å². The highest BCUT2D eigenvalue weighted by molar-refractivity contribution is 5.80. The highest BCUT2D eigenvalue weighted by Crippen LogP contribution is 2.13. The van der Waals surface area contributed by atoms with Crippen LogP contribution in [0, 0.1) is 5.92 Å². The quantitative estimate of drug-likeness (QED) is 0.679. The molecule has 0 saturated carbocycles. The number of nitrogens with zero attached hydrogens (tertiary/aromatic N) is 1. The van der Waals surface area contributed by atoms with Crippen LogP contribution in [0.5, 0.6) is 0 Å². The van der Waals surface area contributed by atoms with Crippen molar-refractivity contribution >= 4 is 5.91 Å². The maximum Gasteiger partial charge on any atom is 0.237 e. The van der Waals surface area contributed by atoms with E-state index in [2.05, 4.69) is 18.7 Å². The number of rotatable bonds is 6. The van der Waals surface area contributed by atoms with Crippen LogP contribution in [0.4, 0.5) is 0 Å². The Balaban J connectivity index is 2.36. The van der Waals surface area contributed by atoms with Gasteiger partial charge in [0.15, 0.2) is 0 Å². The first-order valence-corrected chi connectivity index (χ1v) is 6.25. The van der Waals surface area contributed by atoms with Gasteiger partial charge in [-0.1, -0.05) is 13.8 Å². The van der Waals surface area contributed by atoms with E-state index >= 15 is 0 Å². The fourth-order valence-electron chi connectivity index (χ4n) is 2.05. The van der Waals surface area contributed by atoms with E-state index < -0.39 is 0 Å². The topological polar surface area (TPSA) is 64.8 Å². The molecule has 0 bridgehead atoms. The molecule has 0 radical (unpaired) electrons. The molecule has 0 unspecified atom stereocenters.